The summed E-state index contributed by atoms with van der Waals surface area (Å²) in [6.07, 6.45) is 1.85. The van der Waals surface area contributed by atoms with Crippen molar-refractivity contribution >= 4 is 17.7 Å². The van der Waals surface area contributed by atoms with E-state index < -0.39 is 11.9 Å². The number of carbonyl (C=O) groups is 3. The predicted molar refractivity (Wildman–Crippen MR) is 127 cm³/mol. The third-order valence-electron chi connectivity index (χ3n) is 6.27. The molecule has 2 atom stereocenters. The number of halogens is 1. The number of nitrogens with one attached hydrogen (secondary N) is 2. The molecule has 0 bridgehead atoms. The molecular weight excluding hydrogens is 437 g/mol. The van der Waals surface area contributed by atoms with Gasteiger partial charge >= 0.3 is 0 Å². The third-order valence-corrected chi connectivity index (χ3v) is 6.27. The van der Waals surface area contributed by atoms with E-state index in [-0.39, 0.29) is 29.7 Å². The normalized spacial score (nSPS) is 15.8. The van der Waals surface area contributed by atoms with Gasteiger partial charge in [0.05, 0.1) is 7.11 Å². The van der Waals surface area contributed by atoms with E-state index >= 15 is 0 Å². The standard InChI is InChI=1S/C26H32FN3O4/c1-4-17(2)28-25(32)23(29-24(31)19-7-6-10-22(16-19)34-3)18-11-13-30(14-12-18)26(33)20-8-5-9-21(27)15-20/h5-10,15-18,23H,4,11-14H2,1-3H3,(H,28,32)(H,29,31)/t17-,23+/m0/s1. The first-order valence-electron chi connectivity index (χ1n) is 11.6. The molecule has 3 amide bonds. The van der Waals surface area contributed by atoms with Crippen molar-refractivity contribution < 1.29 is 23.5 Å². The zero-order valence-corrected chi connectivity index (χ0v) is 19.8. The van der Waals surface area contributed by atoms with E-state index in [1.807, 2.05) is 13.8 Å². The van der Waals surface area contributed by atoms with Crippen LogP contribution < -0.4 is 15.4 Å². The molecule has 1 aliphatic rings. The molecule has 7 nitrogen and oxygen atoms in total. The van der Waals surface area contributed by atoms with Crippen molar-refractivity contribution in [3.8, 4) is 5.75 Å². The zero-order valence-electron chi connectivity index (χ0n) is 19.8. The molecule has 1 saturated heterocycles. The predicted octanol–water partition coefficient (Wildman–Crippen LogP) is 3.40. The van der Waals surface area contributed by atoms with Crippen molar-refractivity contribution in [3.05, 3.63) is 65.5 Å². The van der Waals surface area contributed by atoms with Gasteiger partial charge in [0, 0.05) is 30.3 Å². The lowest BCUT2D eigenvalue weighted by Crippen LogP contribution is -2.55. The van der Waals surface area contributed by atoms with Crippen molar-refractivity contribution in [2.75, 3.05) is 20.2 Å². The van der Waals surface area contributed by atoms with Gasteiger partial charge in [0.25, 0.3) is 11.8 Å². The van der Waals surface area contributed by atoms with Crippen LogP contribution >= 0.6 is 0 Å². The Hall–Kier alpha value is -3.42. The molecule has 0 aromatic heterocycles. The Labute approximate surface area is 199 Å². The number of hydrogen-bond donors (Lipinski definition) is 2. The van der Waals surface area contributed by atoms with Crippen LogP contribution in [0.2, 0.25) is 0 Å². The number of carbonyl (C=O) groups excluding carboxylic acids is 3. The molecule has 1 fully saturated rings. The van der Waals surface area contributed by atoms with Crippen LogP contribution in [0.4, 0.5) is 4.39 Å². The number of likely N-dealkylation sites (tertiary alicyclic amines) is 1. The smallest absolute Gasteiger partial charge is 0.253 e. The van der Waals surface area contributed by atoms with E-state index in [0.717, 1.165) is 6.42 Å². The van der Waals surface area contributed by atoms with Crippen molar-refractivity contribution in [1.82, 2.24) is 15.5 Å². The van der Waals surface area contributed by atoms with Gasteiger partial charge in [0.15, 0.2) is 0 Å². The molecule has 0 unspecified atom stereocenters. The number of rotatable bonds is 8. The highest BCUT2D eigenvalue weighted by Crippen LogP contribution is 2.24. The second-order valence-electron chi connectivity index (χ2n) is 8.64. The third kappa shape index (κ3) is 6.34. The molecule has 2 aromatic carbocycles. The summed E-state index contributed by atoms with van der Waals surface area (Å²) < 4.78 is 18.7. The number of piperidine rings is 1. The minimum atomic E-state index is -0.737. The molecule has 182 valence electrons. The summed E-state index contributed by atoms with van der Waals surface area (Å²) in [5, 5.41) is 5.88. The van der Waals surface area contributed by atoms with Crippen LogP contribution in [0.3, 0.4) is 0 Å². The Balaban J connectivity index is 1.71. The van der Waals surface area contributed by atoms with Crippen LogP contribution in [-0.4, -0.2) is 54.9 Å². The molecule has 2 N–H and O–H groups in total. The molecule has 2 aromatic rings. The fourth-order valence-corrected chi connectivity index (χ4v) is 4.06. The molecular formula is C26H32FN3O4. The summed E-state index contributed by atoms with van der Waals surface area (Å²) in [6, 6.07) is 11.6. The summed E-state index contributed by atoms with van der Waals surface area (Å²) in [4.78, 5) is 40.5. The van der Waals surface area contributed by atoms with Crippen LogP contribution in [0, 0.1) is 11.7 Å². The van der Waals surface area contributed by atoms with Gasteiger partial charge in [-0.1, -0.05) is 19.1 Å². The summed E-state index contributed by atoms with van der Waals surface area (Å²) in [5.41, 5.74) is 0.704. The average molecular weight is 470 g/mol. The Bertz CT molecular complexity index is 1020. The van der Waals surface area contributed by atoms with Crippen molar-refractivity contribution in [1.29, 1.82) is 0 Å². The fraction of sp³-hybridized carbons (Fsp3) is 0.423. The van der Waals surface area contributed by atoms with Crippen LogP contribution in [-0.2, 0) is 4.79 Å². The number of ether oxygens (including phenoxy) is 1. The van der Waals surface area contributed by atoms with Gasteiger partial charge in [-0.15, -0.1) is 0 Å². The maximum Gasteiger partial charge on any atom is 0.253 e. The van der Waals surface area contributed by atoms with Gasteiger partial charge in [-0.25, -0.2) is 4.39 Å². The highest BCUT2D eigenvalue weighted by atomic mass is 19.1. The van der Waals surface area contributed by atoms with Crippen molar-refractivity contribution in [2.24, 2.45) is 5.92 Å². The molecule has 8 heteroatoms. The summed E-state index contributed by atoms with van der Waals surface area (Å²) in [5.74, 6) is -0.878. The SMILES string of the molecule is CC[C@H](C)NC(=O)[C@H](NC(=O)c1cccc(OC)c1)C1CCN(C(=O)c2cccc(F)c2)CC1. The molecule has 0 saturated carbocycles. The van der Waals surface area contributed by atoms with Gasteiger partial charge in [-0.3, -0.25) is 14.4 Å². The van der Waals surface area contributed by atoms with Crippen molar-refractivity contribution in [2.45, 2.75) is 45.2 Å². The molecule has 0 aliphatic carbocycles. The lowest BCUT2D eigenvalue weighted by Gasteiger charge is -2.36. The van der Waals surface area contributed by atoms with E-state index in [2.05, 4.69) is 10.6 Å². The first kappa shape index (κ1) is 25.2. The number of amides is 3. The number of methoxy groups -OCH3 is 1. The highest BCUT2D eigenvalue weighted by Gasteiger charge is 2.34. The number of benzene rings is 2. The van der Waals surface area contributed by atoms with Gasteiger partial charge in [0.2, 0.25) is 5.91 Å². The van der Waals surface area contributed by atoms with E-state index in [0.29, 0.717) is 42.8 Å². The molecule has 0 spiro atoms. The molecule has 1 heterocycles. The zero-order chi connectivity index (χ0) is 24.7. The van der Waals surface area contributed by atoms with Crippen LogP contribution in [0.1, 0.15) is 53.8 Å². The van der Waals surface area contributed by atoms with Gasteiger partial charge in [-0.2, -0.15) is 0 Å². The minimum Gasteiger partial charge on any atom is -0.497 e. The molecule has 0 radical (unpaired) electrons. The van der Waals surface area contributed by atoms with Gasteiger partial charge in [0.1, 0.15) is 17.6 Å². The quantitative estimate of drug-likeness (QED) is 0.620. The monoisotopic (exact) mass is 469 g/mol. The van der Waals surface area contributed by atoms with E-state index in [4.69, 9.17) is 4.74 Å². The average Bonchev–Trinajstić information content (AvgIpc) is 2.86. The lowest BCUT2D eigenvalue weighted by atomic mass is 9.88. The number of hydrogen-bond acceptors (Lipinski definition) is 4. The van der Waals surface area contributed by atoms with Crippen LogP contribution in [0.25, 0.3) is 0 Å². The molecule has 3 rings (SSSR count). The Morgan fingerprint density at radius 3 is 2.38 bits per heavy atom. The second kappa shape index (κ2) is 11.6. The van der Waals surface area contributed by atoms with Crippen LogP contribution in [0.5, 0.6) is 5.75 Å². The maximum absolute atomic E-state index is 13.5. The fourth-order valence-electron chi connectivity index (χ4n) is 4.06. The minimum absolute atomic E-state index is 0.0293. The van der Waals surface area contributed by atoms with E-state index in [9.17, 15) is 18.8 Å². The van der Waals surface area contributed by atoms with Gasteiger partial charge in [-0.05, 0) is 68.5 Å². The summed E-state index contributed by atoms with van der Waals surface area (Å²) >= 11 is 0. The number of nitrogens with zero attached hydrogens (tertiary/aromatic N) is 1. The van der Waals surface area contributed by atoms with E-state index in [1.54, 1.807) is 35.2 Å². The Morgan fingerprint density at radius 1 is 1.06 bits per heavy atom. The Morgan fingerprint density at radius 2 is 1.74 bits per heavy atom. The van der Waals surface area contributed by atoms with Crippen molar-refractivity contribution in [3.63, 3.8) is 0 Å². The van der Waals surface area contributed by atoms with E-state index in [1.165, 1.54) is 25.3 Å². The summed E-state index contributed by atoms with van der Waals surface area (Å²) in [7, 11) is 1.53. The van der Waals surface area contributed by atoms with Gasteiger partial charge < -0.3 is 20.3 Å². The summed E-state index contributed by atoms with van der Waals surface area (Å²) in [6.45, 7) is 4.73. The Kier molecular flexibility index (Phi) is 8.62. The molecule has 34 heavy (non-hydrogen) atoms. The topological polar surface area (TPSA) is 87.7 Å². The second-order valence-corrected chi connectivity index (χ2v) is 8.64. The highest BCUT2D eigenvalue weighted by molar-refractivity contribution is 5.98. The maximum atomic E-state index is 13.5. The first-order chi connectivity index (χ1) is 16.3. The largest absolute Gasteiger partial charge is 0.497 e. The van der Waals surface area contributed by atoms with Crippen LogP contribution in [0.15, 0.2) is 48.5 Å². The lowest BCUT2D eigenvalue weighted by molar-refractivity contribution is -0.125. The molecule has 1 aliphatic heterocycles. The first-order valence-corrected chi connectivity index (χ1v) is 11.6.